The molecule has 1 aromatic carbocycles. The Labute approximate surface area is 161 Å². The summed E-state index contributed by atoms with van der Waals surface area (Å²) in [7, 11) is 1.83. The number of carbonyl (C=O) groups is 2. The second-order valence-electron chi connectivity index (χ2n) is 5.77. The molecular weight excluding hydrogens is 377 g/mol. The van der Waals surface area contributed by atoms with Crippen LogP contribution >= 0.6 is 23.2 Å². The standard InChI is InChI=1S/C18H19Cl2N3O3/c1-10-16(11(2)23(4)22-10)5-6-17(24)26-12(3)18(25)21-15-8-13(19)7-14(20)9-15/h5-9,12H,1-4H3,(H,21,25)/b6-5+/t12-/m1/s1. The molecule has 8 heteroatoms. The Morgan fingerprint density at radius 3 is 2.38 bits per heavy atom. The molecule has 26 heavy (non-hydrogen) atoms. The van der Waals surface area contributed by atoms with Crippen LogP contribution in [0.25, 0.3) is 6.08 Å². The maximum absolute atomic E-state index is 12.1. The molecule has 1 atom stereocenters. The smallest absolute Gasteiger partial charge is 0.331 e. The van der Waals surface area contributed by atoms with E-state index in [4.69, 9.17) is 27.9 Å². The molecule has 1 N–H and O–H groups in total. The average Bonchev–Trinajstić information content (AvgIpc) is 2.77. The Balaban J connectivity index is 1.97. The lowest BCUT2D eigenvalue weighted by molar-refractivity contribution is -0.148. The lowest BCUT2D eigenvalue weighted by Gasteiger charge is -2.12. The van der Waals surface area contributed by atoms with Gasteiger partial charge in [-0.05, 0) is 45.0 Å². The number of hydrogen-bond donors (Lipinski definition) is 1. The molecule has 0 spiro atoms. The van der Waals surface area contributed by atoms with E-state index in [0.29, 0.717) is 15.7 Å². The first kappa shape index (κ1) is 20.0. The van der Waals surface area contributed by atoms with Gasteiger partial charge in [0, 0.05) is 40.1 Å². The molecule has 1 aromatic heterocycles. The number of carbonyl (C=O) groups excluding carboxylic acids is 2. The number of anilines is 1. The van der Waals surface area contributed by atoms with Crippen molar-refractivity contribution in [1.29, 1.82) is 0 Å². The van der Waals surface area contributed by atoms with Gasteiger partial charge in [-0.25, -0.2) is 4.79 Å². The van der Waals surface area contributed by atoms with Crippen LogP contribution in [-0.4, -0.2) is 27.8 Å². The summed E-state index contributed by atoms with van der Waals surface area (Å²) in [6.07, 6.45) is 1.92. The van der Waals surface area contributed by atoms with Gasteiger partial charge in [0.1, 0.15) is 0 Å². The number of esters is 1. The minimum absolute atomic E-state index is 0.391. The molecule has 138 valence electrons. The average molecular weight is 396 g/mol. The summed E-state index contributed by atoms with van der Waals surface area (Å²) in [6, 6.07) is 4.65. The van der Waals surface area contributed by atoms with Crippen LogP contribution in [-0.2, 0) is 21.4 Å². The monoisotopic (exact) mass is 395 g/mol. The molecule has 6 nitrogen and oxygen atoms in total. The van der Waals surface area contributed by atoms with Crippen molar-refractivity contribution in [2.75, 3.05) is 5.32 Å². The zero-order valence-electron chi connectivity index (χ0n) is 14.8. The van der Waals surface area contributed by atoms with E-state index in [9.17, 15) is 9.59 Å². The molecule has 0 aliphatic rings. The topological polar surface area (TPSA) is 73.2 Å². The Kier molecular flexibility index (Phi) is 6.45. The second-order valence-corrected chi connectivity index (χ2v) is 6.64. The molecule has 2 aromatic rings. The number of rotatable bonds is 5. The van der Waals surface area contributed by atoms with E-state index in [1.807, 2.05) is 20.9 Å². The Morgan fingerprint density at radius 1 is 1.23 bits per heavy atom. The fourth-order valence-corrected chi connectivity index (χ4v) is 2.85. The van der Waals surface area contributed by atoms with E-state index in [2.05, 4.69) is 10.4 Å². The first-order valence-electron chi connectivity index (χ1n) is 7.83. The molecule has 0 fully saturated rings. The first-order chi connectivity index (χ1) is 12.2. The van der Waals surface area contributed by atoms with Crippen LogP contribution in [0.2, 0.25) is 10.0 Å². The van der Waals surface area contributed by atoms with Gasteiger partial charge in [-0.15, -0.1) is 0 Å². The van der Waals surface area contributed by atoms with Crippen molar-refractivity contribution in [3.05, 3.63) is 51.3 Å². The molecule has 0 unspecified atom stereocenters. The summed E-state index contributed by atoms with van der Waals surface area (Å²) in [5.74, 6) is -1.11. The van der Waals surface area contributed by atoms with Crippen LogP contribution in [0, 0.1) is 13.8 Å². The summed E-state index contributed by atoms with van der Waals surface area (Å²) in [5.41, 5.74) is 3.00. The number of aromatic nitrogens is 2. The lowest BCUT2D eigenvalue weighted by Crippen LogP contribution is -2.29. The lowest BCUT2D eigenvalue weighted by atomic mass is 10.2. The summed E-state index contributed by atoms with van der Waals surface area (Å²) >= 11 is 11.8. The van der Waals surface area contributed by atoms with Gasteiger partial charge in [0.2, 0.25) is 0 Å². The highest BCUT2D eigenvalue weighted by atomic mass is 35.5. The van der Waals surface area contributed by atoms with E-state index >= 15 is 0 Å². The number of halogens is 2. The van der Waals surface area contributed by atoms with Gasteiger partial charge in [0.05, 0.1) is 5.69 Å². The normalized spacial score (nSPS) is 12.2. The molecule has 0 radical (unpaired) electrons. The van der Waals surface area contributed by atoms with Gasteiger partial charge in [0.25, 0.3) is 5.91 Å². The number of aryl methyl sites for hydroxylation is 2. The number of ether oxygens (including phenoxy) is 1. The molecule has 0 bridgehead atoms. The van der Waals surface area contributed by atoms with E-state index in [1.165, 1.54) is 13.0 Å². The first-order valence-corrected chi connectivity index (χ1v) is 8.59. The predicted octanol–water partition coefficient (Wildman–Crippen LogP) is 3.93. The number of benzene rings is 1. The predicted molar refractivity (Wildman–Crippen MR) is 102 cm³/mol. The fraction of sp³-hybridized carbons (Fsp3) is 0.278. The maximum atomic E-state index is 12.1. The molecular formula is C18H19Cl2N3O3. The molecule has 0 saturated heterocycles. The highest BCUT2D eigenvalue weighted by molar-refractivity contribution is 6.35. The van der Waals surface area contributed by atoms with E-state index in [0.717, 1.165) is 17.0 Å². The number of amides is 1. The largest absolute Gasteiger partial charge is 0.449 e. The molecule has 2 rings (SSSR count). The van der Waals surface area contributed by atoms with Crippen LogP contribution in [0.5, 0.6) is 0 Å². The SMILES string of the molecule is Cc1nn(C)c(C)c1/C=C/C(=O)O[C@H](C)C(=O)Nc1cc(Cl)cc(Cl)c1. The van der Waals surface area contributed by atoms with E-state index in [1.54, 1.807) is 29.0 Å². The highest BCUT2D eigenvalue weighted by Crippen LogP contribution is 2.22. The quantitative estimate of drug-likeness (QED) is 0.614. The van der Waals surface area contributed by atoms with Crippen molar-refractivity contribution >= 4 is 46.8 Å². The highest BCUT2D eigenvalue weighted by Gasteiger charge is 2.17. The van der Waals surface area contributed by atoms with Crippen molar-refractivity contribution in [3.63, 3.8) is 0 Å². The minimum Gasteiger partial charge on any atom is -0.449 e. The third kappa shape index (κ3) is 5.09. The van der Waals surface area contributed by atoms with Crippen molar-refractivity contribution in [2.45, 2.75) is 26.9 Å². The van der Waals surface area contributed by atoms with Crippen LogP contribution in [0.15, 0.2) is 24.3 Å². The number of nitrogens with one attached hydrogen (secondary N) is 1. The minimum atomic E-state index is -0.985. The molecule has 0 saturated carbocycles. The molecule has 0 aliphatic carbocycles. The third-order valence-corrected chi connectivity index (χ3v) is 4.18. The van der Waals surface area contributed by atoms with Crippen LogP contribution in [0.3, 0.4) is 0 Å². The van der Waals surface area contributed by atoms with Gasteiger partial charge in [0.15, 0.2) is 6.10 Å². The van der Waals surface area contributed by atoms with Gasteiger partial charge in [-0.2, -0.15) is 5.10 Å². The van der Waals surface area contributed by atoms with Crippen LogP contribution < -0.4 is 5.32 Å². The van der Waals surface area contributed by atoms with Crippen LogP contribution in [0.1, 0.15) is 23.9 Å². The summed E-state index contributed by atoms with van der Waals surface area (Å²) < 4.78 is 6.85. The fourth-order valence-electron chi connectivity index (χ4n) is 2.32. The third-order valence-electron chi connectivity index (χ3n) is 3.74. The van der Waals surface area contributed by atoms with Crippen molar-refractivity contribution in [3.8, 4) is 0 Å². The Hall–Kier alpha value is -2.31. The summed E-state index contributed by atoms with van der Waals surface area (Å²) in [5, 5.41) is 7.65. The Morgan fingerprint density at radius 2 is 1.85 bits per heavy atom. The second kappa shape index (κ2) is 8.38. The molecule has 1 heterocycles. The van der Waals surface area contributed by atoms with Crippen molar-refractivity contribution in [1.82, 2.24) is 9.78 Å². The number of hydrogen-bond acceptors (Lipinski definition) is 4. The molecule has 0 aliphatic heterocycles. The summed E-state index contributed by atoms with van der Waals surface area (Å²) in [4.78, 5) is 24.1. The van der Waals surface area contributed by atoms with Crippen LogP contribution in [0.4, 0.5) is 5.69 Å². The zero-order chi connectivity index (χ0) is 19.4. The van der Waals surface area contributed by atoms with Gasteiger partial charge >= 0.3 is 5.97 Å². The van der Waals surface area contributed by atoms with E-state index in [-0.39, 0.29) is 0 Å². The Bertz CT molecular complexity index is 855. The van der Waals surface area contributed by atoms with Gasteiger partial charge in [-0.3, -0.25) is 9.48 Å². The van der Waals surface area contributed by atoms with Gasteiger partial charge in [-0.1, -0.05) is 23.2 Å². The molecule has 1 amide bonds. The van der Waals surface area contributed by atoms with Crippen molar-refractivity contribution in [2.24, 2.45) is 7.05 Å². The van der Waals surface area contributed by atoms with E-state index < -0.39 is 18.0 Å². The maximum Gasteiger partial charge on any atom is 0.331 e. The number of nitrogens with zero attached hydrogens (tertiary/aromatic N) is 2. The summed E-state index contributed by atoms with van der Waals surface area (Å²) in [6.45, 7) is 5.23. The zero-order valence-corrected chi connectivity index (χ0v) is 16.4. The van der Waals surface area contributed by atoms with Gasteiger partial charge < -0.3 is 10.1 Å². The van der Waals surface area contributed by atoms with Crippen molar-refractivity contribution < 1.29 is 14.3 Å².